The van der Waals surface area contributed by atoms with E-state index in [2.05, 4.69) is 10.3 Å². The third-order valence-corrected chi connectivity index (χ3v) is 4.33. The Morgan fingerprint density at radius 2 is 2.16 bits per heavy atom. The normalized spacial score (nSPS) is 16.3. The van der Waals surface area contributed by atoms with Crippen LogP contribution in [-0.4, -0.2) is 48.5 Å². The Bertz CT molecular complexity index is 754. The van der Waals surface area contributed by atoms with Crippen molar-refractivity contribution in [3.8, 4) is 6.07 Å². The summed E-state index contributed by atoms with van der Waals surface area (Å²) in [5, 5.41) is 12.3. The first-order valence-electron chi connectivity index (χ1n) is 8.32. The Morgan fingerprint density at radius 3 is 2.84 bits per heavy atom. The molecule has 1 fully saturated rings. The number of carbonyl (C=O) groups excluding carboxylic acids is 1. The molecule has 2 aromatic rings. The summed E-state index contributed by atoms with van der Waals surface area (Å²) in [5.74, 6) is 0.775. The van der Waals surface area contributed by atoms with Gasteiger partial charge < -0.3 is 15.1 Å². The topological polar surface area (TPSA) is 72.3 Å². The van der Waals surface area contributed by atoms with Crippen molar-refractivity contribution in [1.82, 2.24) is 9.88 Å². The van der Waals surface area contributed by atoms with Gasteiger partial charge in [-0.2, -0.15) is 5.26 Å². The van der Waals surface area contributed by atoms with Gasteiger partial charge in [0.05, 0.1) is 12.1 Å². The first-order valence-corrected chi connectivity index (χ1v) is 8.32. The largest absolute Gasteiger partial charge is 0.380 e. The first-order chi connectivity index (χ1) is 12.2. The SMILES string of the molecule is CN(CC(=O)N1CCC(Nc2ccccc2)C1)c1ccc(C#N)cn1. The molecule has 1 aliphatic rings. The van der Waals surface area contributed by atoms with Crippen LogP contribution >= 0.6 is 0 Å². The summed E-state index contributed by atoms with van der Waals surface area (Å²) in [6.45, 7) is 1.75. The lowest BCUT2D eigenvalue weighted by Crippen LogP contribution is -2.39. The third-order valence-electron chi connectivity index (χ3n) is 4.33. The molecule has 1 aliphatic heterocycles. The Labute approximate surface area is 147 Å². The molecule has 128 valence electrons. The molecule has 0 bridgehead atoms. The van der Waals surface area contributed by atoms with Crippen LogP contribution in [0.15, 0.2) is 48.7 Å². The fourth-order valence-electron chi connectivity index (χ4n) is 2.94. The average Bonchev–Trinajstić information content (AvgIpc) is 3.11. The number of likely N-dealkylation sites (tertiary alicyclic amines) is 1. The van der Waals surface area contributed by atoms with Gasteiger partial charge >= 0.3 is 0 Å². The molecule has 1 atom stereocenters. The zero-order chi connectivity index (χ0) is 17.6. The number of nitrogens with one attached hydrogen (secondary N) is 1. The molecule has 0 saturated carbocycles. The second-order valence-electron chi connectivity index (χ2n) is 6.21. The molecule has 0 radical (unpaired) electrons. The summed E-state index contributed by atoms with van der Waals surface area (Å²) in [5.41, 5.74) is 1.60. The van der Waals surface area contributed by atoms with E-state index in [9.17, 15) is 4.79 Å². The first kappa shape index (κ1) is 16.8. The van der Waals surface area contributed by atoms with Gasteiger partial charge in [0.1, 0.15) is 11.9 Å². The number of rotatable bonds is 5. The van der Waals surface area contributed by atoms with Crippen LogP contribution < -0.4 is 10.2 Å². The number of hydrogen-bond acceptors (Lipinski definition) is 5. The van der Waals surface area contributed by atoms with Gasteiger partial charge in [-0.1, -0.05) is 18.2 Å². The Morgan fingerprint density at radius 1 is 1.36 bits per heavy atom. The van der Waals surface area contributed by atoms with E-state index in [1.165, 1.54) is 6.20 Å². The lowest BCUT2D eigenvalue weighted by atomic mass is 10.2. The number of hydrogen-bond donors (Lipinski definition) is 1. The summed E-state index contributed by atoms with van der Waals surface area (Å²) in [7, 11) is 1.84. The minimum absolute atomic E-state index is 0.0889. The van der Waals surface area contributed by atoms with Crippen molar-refractivity contribution in [2.24, 2.45) is 0 Å². The summed E-state index contributed by atoms with van der Waals surface area (Å²) < 4.78 is 0. The molecule has 0 aliphatic carbocycles. The molecule has 1 saturated heterocycles. The second-order valence-corrected chi connectivity index (χ2v) is 6.21. The molecule has 6 heteroatoms. The maximum absolute atomic E-state index is 12.5. The standard InChI is InChI=1S/C19H21N5O/c1-23(18-8-7-15(11-20)12-21-18)14-19(25)24-10-9-17(13-24)22-16-5-3-2-4-6-16/h2-8,12,17,22H,9-10,13-14H2,1H3. The second kappa shape index (κ2) is 7.67. The van der Waals surface area contributed by atoms with Gasteiger partial charge in [0.2, 0.25) is 5.91 Å². The highest BCUT2D eigenvalue weighted by Crippen LogP contribution is 2.16. The number of nitrogens with zero attached hydrogens (tertiary/aromatic N) is 4. The molecule has 3 rings (SSSR count). The van der Waals surface area contributed by atoms with Crippen molar-refractivity contribution in [3.05, 3.63) is 54.2 Å². The molecular formula is C19H21N5O. The molecule has 2 heterocycles. The van der Waals surface area contributed by atoms with Crippen LogP contribution in [0.1, 0.15) is 12.0 Å². The third kappa shape index (κ3) is 4.27. The van der Waals surface area contributed by atoms with Gasteiger partial charge in [-0.25, -0.2) is 4.98 Å². The van der Waals surface area contributed by atoms with E-state index < -0.39 is 0 Å². The van der Waals surface area contributed by atoms with Gasteiger partial charge in [-0.15, -0.1) is 0 Å². The smallest absolute Gasteiger partial charge is 0.242 e. The monoisotopic (exact) mass is 335 g/mol. The summed E-state index contributed by atoms with van der Waals surface area (Å²) >= 11 is 0. The van der Waals surface area contributed by atoms with Crippen LogP contribution in [0.3, 0.4) is 0 Å². The zero-order valence-corrected chi connectivity index (χ0v) is 14.2. The predicted molar refractivity (Wildman–Crippen MR) is 97.3 cm³/mol. The minimum atomic E-state index is 0.0889. The van der Waals surface area contributed by atoms with E-state index in [0.29, 0.717) is 17.9 Å². The van der Waals surface area contributed by atoms with Crippen molar-refractivity contribution in [2.75, 3.05) is 36.9 Å². The number of pyridine rings is 1. The minimum Gasteiger partial charge on any atom is -0.380 e. The van der Waals surface area contributed by atoms with E-state index >= 15 is 0 Å². The van der Waals surface area contributed by atoms with Gasteiger partial charge in [-0.05, 0) is 30.7 Å². The number of aromatic nitrogens is 1. The fraction of sp³-hybridized carbons (Fsp3) is 0.316. The van der Waals surface area contributed by atoms with Crippen LogP contribution in [0.4, 0.5) is 11.5 Å². The lowest BCUT2D eigenvalue weighted by molar-refractivity contribution is -0.128. The number of anilines is 2. The van der Waals surface area contributed by atoms with Gasteiger partial charge in [0.25, 0.3) is 0 Å². The van der Waals surface area contributed by atoms with E-state index in [0.717, 1.165) is 18.7 Å². The molecule has 1 aromatic heterocycles. The average molecular weight is 335 g/mol. The van der Waals surface area contributed by atoms with Crippen molar-refractivity contribution < 1.29 is 4.79 Å². The van der Waals surface area contributed by atoms with Crippen molar-refractivity contribution in [2.45, 2.75) is 12.5 Å². The number of nitriles is 1. The summed E-state index contributed by atoms with van der Waals surface area (Å²) in [6, 6.07) is 15.9. The van der Waals surface area contributed by atoms with E-state index in [1.54, 1.807) is 17.0 Å². The van der Waals surface area contributed by atoms with Crippen LogP contribution in [0.25, 0.3) is 0 Å². The number of likely N-dealkylation sites (N-methyl/N-ethyl adjacent to an activating group) is 1. The zero-order valence-electron chi connectivity index (χ0n) is 14.2. The highest BCUT2D eigenvalue weighted by molar-refractivity contribution is 5.81. The van der Waals surface area contributed by atoms with E-state index in [4.69, 9.17) is 5.26 Å². The molecular weight excluding hydrogens is 314 g/mol. The Balaban J connectivity index is 1.52. The van der Waals surface area contributed by atoms with Gasteiger partial charge in [-0.3, -0.25) is 4.79 Å². The van der Waals surface area contributed by atoms with Gasteiger partial charge in [0, 0.05) is 38.1 Å². The van der Waals surface area contributed by atoms with Crippen molar-refractivity contribution in [1.29, 1.82) is 5.26 Å². The highest BCUT2D eigenvalue weighted by atomic mass is 16.2. The van der Waals surface area contributed by atoms with Crippen LogP contribution in [-0.2, 0) is 4.79 Å². The van der Waals surface area contributed by atoms with E-state index in [-0.39, 0.29) is 18.5 Å². The molecule has 1 aromatic carbocycles. The Kier molecular flexibility index (Phi) is 5.14. The molecule has 1 unspecified atom stereocenters. The molecule has 0 spiro atoms. The predicted octanol–water partition coefficient (Wildman–Crippen LogP) is 2.10. The van der Waals surface area contributed by atoms with Crippen molar-refractivity contribution >= 4 is 17.4 Å². The number of carbonyl (C=O) groups is 1. The fourth-order valence-corrected chi connectivity index (χ4v) is 2.94. The lowest BCUT2D eigenvalue weighted by Gasteiger charge is -2.22. The molecule has 1 amide bonds. The summed E-state index contributed by atoms with van der Waals surface area (Å²) in [6.07, 6.45) is 2.46. The number of benzene rings is 1. The van der Waals surface area contributed by atoms with Crippen molar-refractivity contribution in [3.63, 3.8) is 0 Å². The highest BCUT2D eigenvalue weighted by Gasteiger charge is 2.26. The van der Waals surface area contributed by atoms with Crippen LogP contribution in [0, 0.1) is 11.3 Å². The maximum Gasteiger partial charge on any atom is 0.242 e. The van der Waals surface area contributed by atoms with Crippen LogP contribution in [0.5, 0.6) is 0 Å². The van der Waals surface area contributed by atoms with Gasteiger partial charge in [0.15, 0.2) is 0 Å². The van der Waals surface area contributed by atoms with E-state index in [1.807, 2.05) is 48.3 Å². The number of amides is 1. The Hall–Kier alpha value is -3.07. The van der Waals surface area contributed by atoms with Crippen LogP contribution in [0.2, 0.25) is 0 Å². The quantitative estimate of drug-likeness (QED) is 0.906. The molecule has 6 nitrogen and oxygen atoms in total. The molecule has 1 N–H and O–H groups in total. The summed E-state index contributed by atoms with van der Waals surface area (Å²) in [4.78, 5) is 20.4. The number of para-hydroxylation sites is 1. The molecule has 25 heavy (non-hydrogen) atoms. The maximum atomic E-state index is 12.5.